The number of aryl methyl sites for hydroxylation is 2. The Bertz CT molecular complexity index is 555. The van der Waals surface area contributed by atoms with Crippen molar-refractivity contribution in [2.24, 2.45) is 4.99 Å². The average Bonchev–Trinajstić information content (AvgIpc) is 3.07. The van der Waals surface area contributed by atoms with E-state index in [2.05, 4.69) is 41.4 Å². The van der Waals surface area contributed by atoms with Crippen molar-refractivity contribution in [1.82, 2.24) is 15.6 Å². The Morgan fingerprint density at radius 2 is 2.24 bits per heavy atom. The SMILES string of the molecule is CCNC(=NCc1ccco1)NCCc1nc(C)c(C)s1. The van der Waals surface area contributed by atoms with Gasteiger partial charge in [-0.15, -0.1) is 11.3 Å². The number of aromatic nitrogens is 1. The molecule has 0 spiro atoms. The molecule has 114 valence electrons. The number of thiazole rings is 1. The molecule has 0 aromatic carbocycles. The topological polar surface area (TPSA) is 62.5 Å². The van der Waals surface area contributed by atoms with E-state index in [9.17, 15) is 0 Å². The van der Waals surface area contributed by atoms with Crippen molar-refractivity contribution in [2.45, 2.75) is 33.7 Å². The summed E-state index contributed by atoms with van der Waals surface area (Å²) in [5.41, 5.74) is 1.13. The predicted octanol–water partition coefficient (Wildman–Crippen LogP) is 2.65. The number of rotatable bonds is 6. The Morgan fingerprint density at radius 3 is 2.86 bits per heavy atom. The number of hydrogen-bond acceptors (Lipinski definition) is 4. The summed E-state index contributed by atoms with van der Waals surface area (Å²) in [4.78, 5) is 10.3. The molecule has 0 atom stereocenters. The monoisotopic (exact) mass is 306 g/mol. The Kier molecular flexibility index (Phi) is 5.80. The summed E-state index contributed by atoms with van der Waals surface area (Å²) >= 11 is 1.76. The molecule has 0 aliphatic rings. The number of nitrogens with one attached hydrogen (secondary N) is 2. The highest BCUT2D eigenvalue weighted by Crippen LogP contribution is 2.16. The van der Waals surface area contributed by atoms with Gasteiger partial charge in [-0.2, -0.15) is 0 Å². The zero-order chi connectivity index (χ0) is 15.1. The second-order valence-electron chi connectivity index (χ2n) is 4.70. The summed E-state index contributed by atoms with van der Waals surface area (Å²) in [6.45, 7) is 8.40. The molecule has 0 aliphatic heterocycles. The van der Waals surface area contributed by atoms with E-state index in [1.54, 1.807) is 17.6 Å². The standard InChI is InChI=1S/C15H22N4OS/c1-4-16-15(18-10-13-6-5-9-20-13)17-8-7-14-19-11(2)12(3)21-14/h5-6,9H,4,7-8,10H2,1-3H3,(H2,16,17,18). The van der Waals surface area contributed by atoms with Gasteiger partial charge in [0.25, 0.3) is 0 Å². The Morgan fingerprint density at radius 1 is 1.38 bits per heavy atom. The molecule has 0 amide bonds. The first-order valence-electron chi connectivity index (χ1n) is 7.16. The fourth-order valence-corrected chi connectivity index (χ4v) is 2.77. The van der Waals surface area contributed by atoms with Crippen LogP contribution in [0.25, 0.3) is 0 Å². The Labute approximate surface area is 129 Å². The minimum absolute atomic E-state index is 0.539. The van der Waals surface area contributed by atoms with Crippen molar-refractivity contribution in [1.29, 1.82) is 0 Å². The lowest BCUT2D eigenvalue weighted by Gasteiger charge is -2.10. The molecular weight excluding hydrogens is 284 g/mol. The maximum absolute atomic E-state index is 5.28. The van der Waals surface area contributed by atoms with E-state index >= 15 is 0 Å². The minimum atomic E-state index is 0.539. The molecule has 2 heterocycles. The van der Waals surface area contributed by atoms with Crippen LogP contribution in [0.15, 0.2) is 27.8 Å². The molecule has 0 saturated carbocycles. The van der Waals surface area contributed by atoms with Gasteiger partial charge in [0.1, 0.15) is 12.3 Å². The normalized spacial score (nSPS) is 11.7. The van der Waals surface area contributed by atoms with Crippen molar-refractivity contribution in [2.75, 3.05) is 13.1 Å². The lowest BCUT2D eigenvalue weighted by Crippen LogP contribution is -2.38. The molecule has 21 heavy (non-hydrogen) atoms. The van der Waals surface area contributed by atoms with Gasteiger partial charge in [-0.25, -0.2) is 9.98 Å². The van der Waals surface area contributed by atoms with Crippen LogP contribution in [0.1, 0.15) is 28.3 Å². The third kappa shape index (κ3) is 4.90. The highest BCUT2D eigenvalue weighted by atomic mass is 32.1. The van der Waals surface area contributed by atoms with E-state index in [1.807, 2.05) is 12.1 Å². The van der Waals surface area contributed by atoms with E-state index in [-0.39, 0.29) is 0 Å². The van der Waals surface area contributed by atoms with Crippen molar-refractivity contribution in [3.63, 3.8) is 0 Å². The summed E-state index contributed by atoms with van der Waals surface area (Å²) < 4.78 is 5.28. The van der Waals surface area contributed by atoms with Gasteiger partial charge in [-0.05, 0) is 32.9 Å². The third-order valence-electron chi connectivity index (χ3n) is 3.02. The summed E-state index contributed by atoms with van der Waals surface area (Å²) in [7, 11) is 0. The summed E-state index contributed by atoms with van der Waals surface area (Å²) in [5, 5.41) is 7.72. The van der Waals surface area contributed by atoms with E-state index in [0.717, 1.165) is 36.9 Å². The maximum Gasteiger partial charge on any atom is 0.191 e. The number of guanidine groups is 1. The van der Waals surface area contributed by atoms with Crippen molar-refractivity contribution < 1.29 is 4.42 Å². The number of hydrogen-bond donors (Lipinski definition) is 2. The van der Waals surface area contributed by atoms with E-state index in [4.69, 9.17) is 4.42 Å². The van der Waals surface area contributed by atoms with Crippen LogP contribution in [-0.4, -0.2) is 24.0 Å². The molecule has 2 aromatic rings. The van der Waals surface area contributed by atoms with Crippen molar-refractivity contribution >= 4 is 17.3 Å². The van der Waals surface area contributed by atoms with Gasteiger partial charge in [0.15, 0.2) is 5.96 Å². The predicted molar refractivity (Wildman–Crippen MR) is 86.8 cm³/mol. The van der Waals surface area contributed by atoms with Gasteiger partial charge in [0.05, 0.1) is 17.0 Å². The van der Waals surface area contributed by atoms with Crippen LogP contribution in [-0.2, 0) is 13.0 Å². The van der Waals surface area contributed by atoms with Crippen LogP contribution in [0, 0.1) is 13.8 Å². The van der Waals surface area contributed by atoms with Gasteiger partial charge in [0, 0.05) is 24.4 Å². The molecule has 2 N–H and O–H groups in total. The first-order valence-corrected chi connectivity index (χ1v) is 7.98. The van der Waals surface area contributed by atoms with Gasteiger partial charge in [0.2, 0.25) is 0 Å². The minimum Gasteiger partial charge on any atom is -0.467 e. The first-order chi connectivity index (χ1) is 10.2. The molecular formula is C15H22N4OS. The highest BCUT2D eigenvalue weighted by molar-refractivity contribution is 7.11. The first kappa shape index (κ1) is 15.6. The zero-order valence-electron chi connectivity index (χ0n) is 12.8. The summed E-state index contributed by atoms with van der Waals surface area (Å²) in [6, 6.07) is 3.80. The van der Waals surface area contributed by atoms with Crippen molar-refractivity contribution in [3.8, 4) is 0 Å². The molecule has 0 radical (unpaired) electrons. The quantitative estimate of drug-likeness (QED) is 0.636. The molecule has 0 fully saturated rings. The molecule has 0 bridgehead atoms. The van der Waals surface area contributed by atoms with Crippen molar-refractivity contribution in [3.05, 3.63) is 39.7 Å². The molecule has 2 aromatic heterocycles. The van der Waals surface area contributed by atoms with E-state index < -0.39 is 0 Å². The number of nitrogens with zero attached hydrogens (tertiary/aromatic N) is 2. The Hall–Kier alpha value is -1.82. The summed E-state index contributed by atoms with van der Waals surface area (Å²) in [5.74, 6) is 1.66. The van der Waals surface area contributed by atoms with Gasteiger partial charge in [-0.3, -0.25) is 0 Å². The maximum atomic E-state index is 5.28. The van der Waals surface area contributed by atoms with E-state index in [0.29, 0.717) is 6.54 Å². The van der Waals surface area contributed by atoms with Crippen LogP contribution in [0.2, 0.25) is 0 Å². The Balaban J connectivity index is 1.83. The molecule has 0 unspecified atom stereocenters. The van der Waals surface area contributed by atoms with Crippen LogP contribution in [0.4, 0.5) is 0 Å². The summed E-state index contributed by atoms with van der Waals surface area (Å²) in [6.07, 6.45) is 2.57. The highest BCUT2D eigenvalue weighted by Gasteiger charge is 2.04. The molecule has 0 saturated heterocycles. The second kappa shape index (κ2) is 7.83. The number of furan rings is 1. The van der Waals surface area contributed by atoms with Gasteiger partial charge in [-0.1, -0.05) is 0 Å². The fraction of sp³-hybridized carbons (Fsp3) is 0.467. The fourth-order valence-electron chi connectivity index (χ4n) is 1.84. The van der Waals surface area contributed by atoms with Gasteiger partial charge < -0.3 is 15.1 Å². The van der Waals surface area contributed by atoms with Crippen LogP contribution in [0.3, 0.4) is 0 Å². The number of aliphatic imine (C=N–C) groups is 1. The average molecular weight is 306 g/mol. The molecule has 2 rings (SSSR count). The van der Waals surface area contributed by atoms with Crippen LogP contribution < -0.4 is 10.6 Å². The van der Waals surface area contributed by atoms with Gasteiger partial charge >= 0.3 is 0 Å². The molecule has 0 aliphatic carbocycles. The smallest absolute Gasteiger partial charge is 0.191 e. The van der Waals surface area contributed by atoms with Crippen LogP contribution in [0.5, 0.6) is 0 Å². The lowest BCUT2D eigenvalue weighted by molar-refractivity contribution is 0.512. The second-order valence-corrected chi connectivity index (χ2v) is 5.99. The van der Waals surface area contributed by atoms with Crippen LogP contribution >= 0.6 is 11.3 Å². The molecule has 5 nitrogen and oxygen atoms in total. The third-order valence-corrected chi connectivity index (χ3v) is 4.15. The largest absolute Gasteiger partial charge is 0.467 e. The molecule has 6 heteroatoms. The lowest BCUT2D eigenvalue weighted by atomic mass is 10.4. The van der Waals surface area contributed by atoms with E-state index in [1.165, 1.54) is 9.88 Å². The zero-order valence-corrected chi connectivity index (χ0v) is 13.6.